The van der Waals surface area contributed by atoms with Gasteiger partial charge >= 0.3 is 0 Å². The number of fused-ring (bicyclic) bond motifs is 2. The number of benzene rings is 4. The number of anilines is 1. The third kappa shape index (κ3) is 15.1. The number of aryl methyl sites for hydroxylation is 1. The first-order valence-electron chi connectivity index (χ1n) is 29.7. The monoisotopic (exact) mass is 1170 g/mol. The Hall–Kier alpha value is -8.63. The normalized spacial score (nSPS) is 16.6. The summed E-state index contributed by atoms with van der Waals surface area (Å²) >= 11 is 1.58. The van der Waals surface area contributed by atoms with Crippen molar-refractivity contribution in [1.82, 2.24) is 50.2 Å². The molecule has 0 unspecified atom stereocenters. The van der Waals surface area contributed by atoms with Crippen LogP contribution in [-0.4, -0.2) is 145 Å². The lowest BCUT2D eigenvalue weighted by molar-refractivity contribution is -0.144. The zero-order valence-electron chi connectivity index (χ0n) is 49.6. The first kappa shape index (κ1) is 60.5. The number of rotatable bonds is 18. The number of aromatic nitrogens is 4. The van der Waals surface area contributed by atoms with E-state index in [1.807, 2.05) is 165 Å². The number of β-amino-alcohol motifs (C(OH)–C–C–N with tert-alkyl or cyclic N) is 1. The second-order valence-electron chi connectivity index (χ2n) is 23.5. The molecule has 444 valence electrons. The summed E-state index contributed by atoms with van der Waals surface area (Å²) in [6, 6.07) is 31.9. The zero-order chi connectivity index (χ0) is 60.3. The number of para-hydroxylation sites is 1. The Morgan fingerprint density at radius 1 is 0.814 bits per heavy atom. The Morgan fingerprint density at radius 3 is 2.24 bits per heavy atom. The zero-order valence-corrected chi connectivity index (χ0v) is 50.5. The van der Waals surface area contributed by atoms with Crippen molar-refractivity contribution in [2.45, 2.75) is 104 Å². The van der Waals surface area contributed by atoms with Crippen LogP contribution < -0.4 is 16.0 Å². The Kier molecular flexibility index (Phi) is 19.4. The number of amides is 5. The van der Waals surface area contributed by atoms with Crippen LogP contribution in [0.2, 0.25) is 0 Å². The van der Waals surface area contributed by atoms with E-state index < -0.39 is 29.5 Å². The average Bonchev–Trinajstić information content (AvgIpc) is 1.90. The minimum Gasteiger partial charge on any atom is -0.391 e. The number of hydrogen-bond acceptors (Lipinski definition) is 13. The number of aliphatic hydroxyl groups is 1. The Balaban J connectivity index is 0.610. The topological polar surface area (TPSA) is 206 Å². The predicted molar refractivity (Wildman–Crippen MR) is 337 cm³/mol. The number of hydrogen-bond donors (Lipinski definition) is 4. The van der Waals surface area contributed by atoms with Crippen molar-refractivity contribution in [3.05, 3.63) is 160 Å². The molecule has 4 N–H and O–H groups in total. The number of nitrogens with zero attached hydrogens (tertiary/aromatic N) is 8. The Morgan fingerprint density at radius 2 is 1.53 bits per heavy atom. The lowest BCUT2D eigenvalue weighted by Gasteiger charge is -2.35. The molecule has 0 aliphatic carbocycles. The molecule has 0 radical (unpaired) electrons. The molecule has 0 saturated carbocycles. The summed E-state index contributed by atoms with van der Waals surface area (Å²) < 4.78 is 0. The summed E-state index contributed by atoms with van der Waals surface area (Å²) in [5, 5.41) is 20.8. The molecule has 18 heteroatoms. The highest BCUT2D eigenvalue weighted by atomic mass is 32.1. The molecule has 0 bridgehead atoms. The molecule has 0 spiro atoms. The molecule has 6 heterocycles. The standard InChI is InChI=1S/C68H75N11O6S/c1-45-61(86-44-72-45)50-27-25-49(26-28-50)40-71-65(83)58-39-54(80)42-79(58)67(85)62(68(2,3)4)74-59(81)15-7-6-8-16-60(82)77-36-34-76(35-37-77)32-11-12-46-17-19-47(20-18-46)21-22-48-23-29-51(30-24-48)66(84)78-33-31-55-57(43-78)73-63(75-64(55)69-5)53-38-52-13-9-10-14-56(52)70-41-53/h9-10,13-14,17-30,38,41,44,54,58,62,80H,6-8,15-16,31-37,39-40,42-43H2,1-5H3,(H,71,83)(H,74,81)(H,69,73,75)/b22-21+/t54-,58+,62-/m1/s1. The molecule has 10 rings (SSSR count). The Bertz CT molecular complexity index is 3670. The first-order valence-corrected chi connectivity index (χ1v) is 30.6. The molecule has 86 heavy (non-hydrogen) atoms. The smallest absolute Gasteiger partial charge is 0.254 e. The van der Waals surface area contributed by atoms with E-state index in [2.05, 4.69) is 42.7 Å². The molecule has 7 aromatic rings. The van der Waals surface area contributed by atoms with Gasteiger partial charge in [-0.15, -0.1) is 11.3 Å². The number of pyridine rings is 1. The predicted octanol–water partition coefficient (Wildman–Crippen LogP) is 8.79. The van der Waals surface area contributed by atoms with Crippen LogP contribution in [-0.2, 0) is 38.7 Å². The highest BCUT2D eigenvalue weighted by Crippen LogP contribution is 2.31. The van der Waals surface area contributed by atoms with Gasteiger partial charge < -0.3 is 35.8 Å². The maximum atomic E-state index is 14.1. The largest absolute Gasteiger partial charge is 0.391 e. The number of carbonyl (C=O) groups excluding carboxylic acids is 5. The second-order valence-corrected chi connectivity index (χ2v) is 24.4. The minimum absolute atomic E-state index is 0.00343. The molecule has 3 aliphatic heterocycles. The molecule has 4 aromatic carbocycles. The molecular weight excluding hydrogens is 1100 g/mol. The van der Waals surface area contributed by atoms with Gasteiger partial charge in [0.25, 0.3) is 5.91 Å². The van der Waals surface area contributed by atoms with Crippen LogP contribution in [0.5, 0.6) is 0 Å². The molecule has 3 aliphatic rings. The van der Waals surface area contributed by atoms with Gasteiger partial charge in [-0.2, -0.15) is 0 Å². The summed E-state index contributed by atoms with van der Waals surface area (Å²) in [6.07, 6.45) is 8.28. The van der Waals surface area contributed by atoms with Gasteiger partial charge in [-0.1, -0.05) is 118 Å². The van der Waals surface area contributed by atoms with Crippen LogP contribution in [0, 0.1) is 24.2 Å². The van der Waals surface area contributed by atoms with Gasteiger partial charge in [0.2, 0.25) is 23.6 Å². The summed E-state index contributed by atoms with van der Waals surface area (Å²) in [4.78, 5) is 95.1. The van der Waals surface area contributed by atoms with Gasteiger partial charge in [0.15, 0.2) is 5.82 Å². The van der Waals surface area contributed by atoms with E-state index in [4.69, 9.17) is 9.97 Å². The third-order valence-electron chi connectivity index (χ3n) is 16.2. The first-order chi connectivity index (χ1) is 41.6. The van der Waals surface area contributed by atoms with Gasteiger partial charge in [0.05, 0.1) is 46.5 Å². The summed E-state index contributed by atoms with van der Waals surface area (Å²) in [7, 11) is 1.86. The highest BCUT2D eigenvalue weighted by molar-refractivity contribution is 7.13. The van der Waals surface area contributed by atoms with Crippen molar-refractivity contribution < 1.29 is 29.1 Å². The number of piperazine rings is 1. The van der Waals surface area contributed by atoms with E-state index in [0.717, 1.165) is 85.0 Å². The third-order valence-corrected chi connectivity index (χ3v) is 17.2. The summed E-state index contributed by atoms with van der Waals surface area (Å²) in [5.41, 5.74) is 11.2. The fraction of sp³-hybridized carbons (Fsp3) is 0.368. The number of nitrogens with one attached hydrogen (secondary N) is 3. The van der Waals surface area contributed by atoms with Crippen LogP contribution in [0.15, 0.2) is 115 Å². The van der Waals surface area contributed by atoms with Crippen molar-refractivity contribution in [3.63, 3.8) is 0 Å². The van der Waals surface area contributed by atoms with E-state index in [1.165, 1.54) is 4.90 Å². The van der Waals surface area contributed by atoms with E-state index in [9.17, 15) is 29.1 Å². The lowest BCUT2D eigenvalue weighted by atomic mass is 9.85. The lowest BCUT2D eigenvalue weighted by Crippen LogP contribution is -2.57. The number of likely N-dealkylation sites (tertiary alicyclic amines) is 1. The van der Waals surface area contributed by atoms with Crippen LogP contribution in [0.1, 0.15) is 109 Å². The molecule has 3 atom stereocenters. The van der Waals surface area contributed by atoms with Crippen molar-refractivity contribution in [1.29, 1.82) is 0 Å². The van der Waals surface area contributed by atoms with Crippen LogP contribution in [0.25, 0.3) is 44.9 Å². The summed E-state index contributed by atoms with van der Waals surface area (Å²) in [6.45, 7) is 12.2. The quantitative estimate of drug-likeness (QED) is 0.0362. The second kappa shape index (κ2) is 27.6. The minimum atomic E-state index is -0.905. The van der Waals surface area contributed by atoms with Gasteiger partial charge in [-0.05, 0) is 90.3 Å². The van der Waals surface area contributed by atoms with E-state index in [0.29, 0.717) is 76.2 Å². The van der Waals surface area contributed by atoms with Crippen molar-refractivity contribution in [3.8, 4) is 33.7 Å². The number of unbranched alkanes of at least 4 members (excludes halogenated alkanes) is 2. The number of aliphatic hydroxyl groups excluding tert-OH is 1. The Labute approximate surface area is 507 Å². The maximum absolute atomic E-state index is 14.1. The SMILES string of the molecule is CNc1nc(-c2cnc3ccccc3c2)nc2c1CCN(C(=O)c1ccc(/C=C/c3ccc(C#CCN4CCN(C(=O)CCCCCC(=O)N[C@H](C(=O)N5C[C@H](O)C[C@H]5C(=O)NCc5ccc(-c6scnc6C)cc5)C(C)(C)C)CC4)cc3)cc1)C2. The van der Waals surface area contributed by atoms with Crippen LogP contribution in [0.3, 0.4) is 0 Å². The molecule has 2 saturated heterocycles. The summed E-state index contributed by atoms with van der Waals surface area (Å²) in [5.74, 6) is 6.99. The van der Waals surface area contributed by atoms with Gasteiger partial charge in [0.1, 0.15) is 17.9 Å². The fourth-order valence-corrected chi connectivity index (χ4v) is 12.1. The van der Waals surface area contributed by atoms with E-state index in [1.54, 1.807) is 17.5 Å². The van der Waals surface area contributed by atoms with Crippen LogP contribution >= 0.6 is 11.3 Å². The van der Waals surface area contributed by atoms with Gasteiger partial charge in [-0.3, -0.25) is 33.9 Å². The molecule has 3 aromatic heterocycles. The maximum Gasteiger partial charge on any atom is 0.254 e. The fourth-order valence-electron chi connectivity index (χ4n) is 11.2. The highest BCUT2D eigenvalue weighted by Gasteiger charge is 2.44. The van der Waals surface area contributed by atoms with Gasteiger partial charge in [0, 0.05) is 106 Å². The van der Waals surface area contributed by atoms with Crippen LogP contribution in [0.4, 0.5) is 5.82 Å². The average molecular weight is 1170 g/mol. The van der Waals surface area contributed by atoms with Crippen molar-refractivity contribution in [2.75, 3.05) is 58.2 Å². The molecule has 17 nitrogen and oxygen atoms in total. The number of thiazole rings is 1. The molecule has 5 amide bonds. The molecule has 2 fully saturated rings. The van der Waals surface area contributed by atoms with Crippen molar-refractivity contribution >= 4 is 69.7 Å². The molecular formula is C68H75N11O6S. The number of carbonyl (C=O) groups is 5. The van der Waals surface area contributed by atoms with E-state index >= 15 is 0 Å². The van der Waals surface area contributed by atoms with Crippen molar-refractivity contribution in [2.24, 2.45) is 5.41 Å². The van der Waals surface area contributed by atoms with Gasteiger partial charge in [-0.25, -0.2) is 15.0 Å². The van der Waals surface area contributed by atoms with E-state index in [-0.39, 0.29) is 49.6 Å².